The number of hydrogen-bond donors (Lipinski definition) is 0. The van der Waals surface area contributed by atoms with E-state index in [1.54, 1.807) is 0 Å². The van der Waals surface area contributed by atoms with Gasteiger partial charge in [0.15, 0.2) is 0 Å². The summed E-state index contributed by atoms with van der Waals surface area (Å²) in [7, 11) is 0. The summed E-state index contributed by atoms with van der Waals surface area (Å²) in [5.41, 5.74) is 8.90. The van der Waals surface area contributed by atoms with Crippen molar-refractivity contribution >= 4 is 0 Å². The Bertz CT molecular complexity index is 414. The Hall–Kier alpha value is -0.157. The molecule has 2 aliphatic carbocycles. The third-order valence-corrected chi connectivity index (χ3v) is 4.20. The summed E-state index contributed by atoms with van der Waals surface area (Å²) < 4.78 is 0. The maximum Gasteiger partial charge on any atom is 2.00 e. The van der Waals surface area contributed by atoms with Crippen LogP contribution in [0.2, 0.25) is 0 Å². The monoisotopic (exact) mass is 360 g/mol. The van der Waals surface area contributed by atoms with Gasteiger partial charge in [0.05, 0.1) is 0 Å². The Balaban J connectivity index is 0.000000364. The van der Waals surface area contributed by atoms with Gasteiger partial charge in [-0.25, -0.2) is 34.4 Å². The van der Waals surface area contributed by atoms with Gasteiger partial charge in [0.25, 0.3) is 0 Å². The second kappa shape index (κ2) is 10.5. The molecule has 0 spiro atoms. The molecule has 2 rings (SSSR count). The summed E-state index contributed by atoms with van der Waals surface area (Å²) in [6.07, 6.45) is 13.9. The van der Waals surface area contributed by atoms with Crippen molar-refractivity contribution in [2.24, 2.45) is 0 Å². The van der Waals surface area contributed by atoms with Crippen LogP contribution in [0.25, 0.3) is 0 Å². The van der Waals surface area contributed by atoms with E-state index in [-0.39, 0.29) is 26.2 Å². The zero-order chi connectivity index (χ0) is 15.1. The van der Waals surface area contributed by atoms with Gasteiger partial charge in [-0.2, -0.15) is 11.1 Å². The van der Waals surface area contributed by atoms with E-state index in [0.717, 1.165) is 12.8 Å². The molecule has 0 saturated carbocycles. The molecule has 1 heteroatoms. The van der Waals surface area contributed by atoms with Gasteiger partial charge < -0.3 is 0 Å². The summed E-state index contributed by atoms with van der Waals surface area (Å²) in [4.78, 5) is 0. The third-order valence-electron chi connectivity index (χ3n) is 4.20. The van der Waals surface area contributed by atoms with Crippen LogP contribution in [0.3, 0.4) is 0 Å². The van der Waals surface area contributed by atoms with Crippen molar-refractivity contribution in [3.05, 3.63) is 45.6 Å². The maximum absolute atomic E-state index is 3.44. The van der Waals surface area contributed by atoms with E-state index in [4.69, 9.17) is 0 Å². The molecule has 0 aromatic rings. The SMILES string of the molecule is CCC1=[C-]C(CC)=C(C)C1.CCC1=[C-]C(CC)=C(C)C1.[Zr+2]. The van der Waals surface area contributed by atoms with Gasteiger partial charge in [-0.3, -0.25) is 0 Å². The van der Waals surface area contributed by atoms with Crippen LogP contribution in [-0.2, 0) is 26.2 Å². The number of rotatable bonds is 4. The first-order valence-electron chi connectivity index (χ1n) is 8.16. The second-order valence-electron chi connectivity index (χ2n) is 5.74. The summed E-state index contributed by atoms with van der Waals surface area (Å²) in [6, 6.07) is 0. The normalized spacial score (nSPS) is 17.2. The van der Waals surface area contributed by atoms with Crippen LogP contribution in [0.5, 0.6) is 0 Å². The summed E-state index contributed by atoms with van der Waals surface area (Å²) >= 11 is 0. The van der Waals surface area contributed by atoms with Crippen LogP contribution in [0.1, 0.15) is 80.1 Å². The van der Waals surface area contributed by atoms with Crippen molar-refractivity contribution in [1.82, 2.24) is 0 Å². The van der Waals surface area contributed by atoms with Crippen molar-refractivity contribution < 1.29 is 26.2 Å². The average molecular weight is 362 g/mol. The van der Waals surface area contributed by atoms with Crippen LogP contribution in [-0.4, -0.2) is 0 Å². The van der Waals surface area contributed by atoms with E-state index < -0.39 is 0 Å². The molecule has 0 aromatic carbocycles. The average Bonchev–Trinajstić information content (AvgIpc) is 3.01. The Morgan fingerprint density at radius 3 is 1.14 bits per heavy atom. The van der Waals surface area contributed by atoms with Gasteiger partial charge in [-0.1, -0.05) is 66.2 Å². The second-order valence-corrected chi connectivity index (χ2v) is 5.74. The molecule has 21 heavy (non-hydrogen) atoms. The molecule has 114 valence electrons. The summed E-state index contributed by atoms with van der Waals surface area (Å²) in [5, 5.41) is 0. The molecule has 0 bridgehead atoms. The smallest absolute Gasteiger partial charge is 0.249 e. The quantitative estimate of drug-likeness (QED) is 0.501. The van der Waals surface area contributed by atoms with E-state index in [1.165, 1.54) is 59.1 Å². The van der Waals surface area contributed by atoms with Gasteiger partial charge in [0, 0.05) is 0 Å². The van der Waals surface area contributed by atoms with Crippen LogP contribution >= 0.6 is 0 Å². The topological polar surface area (TPSA) is 0 Å². The third kappa shape index (κ3) is 6.23. The van der Waals surface area contributed by atoms with Crippen LogP contribution < -0.4 is 0 Å². The van der Waals surface area contributed by atoms with Gasteiger partial charge in [-0.15, -0.1) is 13.8 Å². The molecule has 0 heterocycles. The Morgan fingerprint density at radius 2 is 1.00 bits per heavy atom. The van der Waals surface area contributed by atoms with Gasteiger partial charge >= 0.3 is 26.2 Å². The van der Waals surface area contributed by atoms with Crippen LogP contribution in [0.4, 0.5) is 0 Å². The molecule has 0 radical (unpaired) electrons. The molecular formula is C20H30Zr. The van der Waals surface area contributed by atoms with Crippen molar-refractivity contribution in [2.45, 2.75) is 80.1 Å². The Labute approximate surface area is 151 Å². The van der Waals surface area contributed by atoms with E-state index in [9.17, 15) is 0 Å². The van der Waals surface area contributed by atoms with Crippen molar-refractivity contribution in [3.63, 3.8) is 0 Å². The number of hydrogen-bond acceptors (Lipinski definition) is 0. The minimum absolute atomic E-state index is 0. The molecule has 0 aliphatic heterocycles. The molecular weight excluding hydrogens is 331 g/mol. The predicted octanol–water partition coefficient (Wildman–Crippen LogP) is 6.51. The van der Waals surface area contributed by atoms with Gasteiger partial charge in [-0.05, 0) is 0 Å². The molecule has 0 N–H and O–H groups in total. The standard InChI is InChI=1S/2C10H15.Zr/c2*1-4-9-6-8(3)10(5-2)7-9;/h2*4-6H2,1-3H3;/q2*-1;+2. The first-order valence-corrected chi connectivity index (χ1v) is 8.16. The van der Waals surface area contributed by atoms with E-state index in [0.29, 0.717) is 0 Å². The molecule has 0 aromatic heterocycles. The molecule has 2 aliphatic rings. The zero-order valence-electron chi connectivity index (χ0n) is 14.7. The maximum atomic E-state index is 3.44. The van der Waals surface area contributed by atoms with E-state index in [2.05, 4.69) is 53.7 Å². The molecule has 0 nitrogen and oxygen atoms in total. The van der Waals surface area contributed by atoms with Crippen LogP contribution in [0.15, 0.2) is 33.4 Å². The van der Waals surface area contributed by atoms with Gasteiger partial charge in [0.1, 0.15) is 0 Å². The largest absolute Gasteiger partial charge is 2.00 e. The predicted molar refractivity (Wildman–Crippen MR) is 89.3 cm³/mol. The molecule has 0 saturated heterocycles. The Morgan fingerprint density at radius 1 is 0.667 bits per heavy atom. The summed E-state index contributed by atoms with van der Waals surface area (Å²) in [6.45, 7) is 13.2. The van der Waals surface area contributed by atoms with E-state index in [1.807, 2.05) is 0 Å². The molecule has 0 amide bonds. The minimum atomic E-state index is 0. The fraction of sp³-hybridized carbons (Fsp3) is 0.600. The van der Waals surface area contributed by atoms with Crippen LogP contribution in [0, 0.1) is 12.2 Å². The fourth-order valence-electron chi connectivity index (χ4n) is 2.79. The Kier molecular flexibility index (Phi) is 10.5. The molecule has 0 unspecified atom stereocenters. The first-order chi connectivity index (χ1) is 9.55. The summed E-state index contributed by atoms with van der Waals surface area (Å²) in [5.74, 6) is 0. The number of allylic oxidation sites excluding steroid dienone is 8. The fourth-order valence-corrected chi connectivity index (χ4v) is 2.79. The van der Waals surface area contributed by atoms with Crippen molar-refractivity contribution in [1.29, 1.82) is 0 Å². The first kappa shape index (κ1) is 20.8. The van der Waals surface area contributed by atoms with E-state index >= 15 is 0 Å². The van der Waals surface area contributed by atoms with Crippen molar-refractivity contribution in [2.75, 3.05) is 0 Å². The zero-order valence-corrected chi connectivity index (χ0v) is 17.2. The molecule has 0 fully saturated rings. The molecule has 0 atom stereocenters. The minimum Gasteiger partial charge on any atom is -0.249 e. The van der Waals surface area contributed by atoms with Crippen molar-refractivity contribution in [3.8, 4) is 0 Å². The van der Waals surface area contributed by atoms with Gasteiger partial charge in [0.2, 0.25) is 0 Å².